The molecule has 23 heavy (non-hydrogen) atoms. The summed E-state index contributed by atoms with van der Waals surface area (Å²) >= 11 is 5.58. The van der Waals surface area contributed by atoms with E-state index < -0.39 is 0 Å². The Kier molecular flexibility index (Phi) is 8.47. The molecule has 0 amide bonds. The van der Waals surface area contributed by atoms with Crippen molar-refractivity contribution >= 4 is 11.6 Å². The second-order valence-electron chi connectivity index (χ2n) is 4.89. The number of aromatic nitrogens is 3. The molecule has 0 aliphatic carbocycles. The Labute approximate surface area is 141 Å². The van der Waals surface area contributed by atoms with Crippen LogP contribution in [0.15, 0.2) is 61.4 Å². The van der Waals surface area contributed by atoms with Crippen molar-refractivity contribution in [1.82, 2.24) is 15.0 Å². The molecule has 0 spiro atoms. The number of hydrogen-bond acceptors (Lipinski definition) is 3. The average Bonchev–Trinajstić information content (AvgIpc) is 2.49. The van der Waals surface area contributed by atoms with Gasteiger partial charge < -0.3 is 0 Å². The molecule has 0 fully saturated rings. The summed E-state index contributed by atoms with van der Waals surface area (Å²) in [4.78, 5) is 11.3. The summed E-state index contributed by atoms with van der Waals surface area (Å²) in [6.45, 7) is 5.78. The van der Waals surface area contributed by atoms with E-state index in [0.29, 0.717) is 5.02 Å². The van der Waals surface area contributed by atoms with Gasteiger partial charge in [0, 0.05) is 31.0 Å². The van der Waals surface area contributed by atoms with Gasteiger partial charge in [0.15, 0.2) is 0 Å². The molecule has 3 nitrogen and oxygen atoms in total. The monoisotopic (exact) mass is 331 g/mol. The third-order valence-electron chi connectivity index (χ3n) is 2.49. The Morgan fingerprint density at radius 3 is 1.70 bits per heavy atom. The Morgan fingerprint density at radius 1 is 0.783 bits per heavy atom. The van der Waals surface area contributed by atoms with Crippen LogP contribution in [0.25, 0.3) is 0 Å². The molecule has 0 N–H and O–H groups in total. The molecule has 0 bridgehead atoms. The fourth-order valence-electron chi connectivity index (χ4n) is 1.48. The van der Waals surface area contributed by atoms with Gasteiger partial charge in [0.05, 0.1) is 11.2 Å². The normalized spacial score (nSPS) is 9.09. The first kappa shape index (κ1) is 18.7. The molecule has 0 saturated heterocycles. The zero-order valence-electron chi connectivity index (χ0n) is 13.4. The number of halogens is 2. The van der Waals surface area contributed by atoms with Crippen LogP contribution in [0.5, 0.6) is 0 Å². The molecule has 120 valence electrons. The van der Waals surface area contributed by atoms with Gasteiger partial charge in [0.1, 0.15) is 5.82 Å². The highest BCUT2D eigenvalue weighted by Crippen LogP contribution is 2.05. The van der Waals surface area contributed by atoms with Crippen molar-refractivity contribution in [3.8, 4) is 0 Å². The minimum atomic E-state index is -0.273. The van der Waals surface area contributed by atoms with Crippen molar-refractivity contribution in [3.05, 3.63) is 89.0 Å². The molecule has 0 aromatic carbocycles. The van der Waals surface area contributed by atoms with E-state index in [1.807, 2.05) is 38.2 Å². The van der Waals surface area contributed by atoms with Gasteiger partial charge in [-0.15, -0.1) is 0 Å². The molecule has 5 heteroatoms. The second kappa shape index (κ2) is 10.4. The number of pyridine rings is 3. The lowest BCUT2D eigenvalue weighted by Gasteiger charge is -1.88. The molecule has 0 radical (unpaired) electrons. The Morgan fingerprint density at radius 2 is 1.39 bits per heavy atom. The van der Waals surface area contributed by atoms with Crippen LogP contribution in [0, 0.1) is 26.6 Å². The molecule has 0 aliphatic rings. The quantitative estimate of drug-likeness (QED) is 0.584. The van der Waals surface area contributed by atoms with E-state index >= 15 is 0 Å². The summed E-state index contributed by atoms with van der Waals surface area (Å²) in [5.74, 6) is -0.273. The SMILES string of the molecule is Cc1cccnc1.Cc1cncc(Cl)c1.Cc1cncc(F)c1. The molecule has 3 rings (SSSR count). The van der Waals surface area contributed by atoms with Crippen molar-refractivity contribution in [3.63, 3.8) is 0 Å². The predicted octanol–water partition coefficient (Wildman–Crippen LogP) is 4.96. The first-order valence-electron chi connectivity index (χ1n) is 6.98. The minimum absolute atomic E-state index is 0.273. The van der Waals surface area contributed by atoms with E-state index in [2.05, 4.69) is 15.0 Å². The summed E-state index contributed by atoms with van der Waals surface area (Å²) in [7, 11) is 0. The van der Waals surface area contributed by atoms with Crippen molar-refractivity contribution in [2.45, 2.75) is 20.8 Å². The van der Waals surface area contributed by atoms with Crippen LogP contribution in [0.2, 0.25) is 5.02 Å². The topological polar surface area (TPSA) is 38.7 Å². The number of rotatable bonds is 0. The number of nitrogens with zero attached hydrogens (tertiary/aromatic N) is 3. The zero-order valence-corrected chi connectivity index (χ0v) is 14.1. The van der Waals surface area contributed by atoms with Crippen molar-refractivity contribution < 1.29 is 4.39 Å². The van der Waals surface area contributed by atoms with Gasteiger partial charge in [-0.25, -0.2) is 4.39 Å². The van der Waals surface area contributed by atoms with E-state index in [9.17, 15) is 4.39 Å². The summed E-state index contributed by atoms with van der Waals surface area (Å²) in [6, 6.07) is 7.25. The van der Waals surface area contributed by atoms with Gasteiger partial charge in [-0.1, -0.05) is 17.7 Å². The largest absolute Gasteiger partial charge is 0.264 e. The van der Waals surface area contributed by atoms with Crippen LogP contribution in [0.4, 0.5) is 4.39 Å². The Hall–Kier alpha value is -2.33. The highest BCUT2D eigenvalue weighted by Gasteiger charge is 1.86. The Balaban J connectivity index is 0.000000173. The van der Waals surface area contributed by atoms with E-state index in [1.165, 1.54) is 17.8 Å². The summed E-state index contributed by atoms with van der Waals surface area (Å²) in [5, 5.41) is 0.699. The summed E-state index contributed by atoms with van der Waals surface area (Å²) < 4.78 is 12.1. The smallest absolute Gasteiger partial charge is 0.141 e. The summed E-state index contributed by atoms with van der Waals surface area (Å²) in [6.07, 6.45) is 9.80. The van der Waals surface area contributed by atoms with Crippen molar-refractivity contribution in [1.29, 1.82) is 0 Å². The van der Waals surface area contributed by atoms with Crippen molar-refractivity contribution in [2.24, 2.45) is 0 Å². The van der Waals surface area contributed by atoms with Gasteiger partial charge in [0.25, 0.3) is 0 Å². The van der Waals surface area contributed by atoms with Gasteiger partial charge in [0.2, 0.25) is 0 Å². The van der Waals surface area contributed by atoms with E-state index in [-0.39, 0.29) is 5.82 Å². The summed E-state index contributed by atoms with van der Waals surface area (Å²) in [5.41, 5.74) is 3.16. The standard InChI is InChI=1S/C6H6ClN.C6H6FN.C6H7N/c2*1-5-2-6(7)4-8-3-5;1-6-3-2-4-7-5-6/h2*2-4H,1H3;2-5H,1H3. The maximum Gasteiger partial charge on any atom is 0.141 e. The fourth-order valence-corrected chi connectivity index (χ4v) is 1.71. The van der Waals surface area contributed by atoms with Crippen LogP contribution in [0.1, 0.15) is 16.7 Å². The Bertz CT molecular complexity index is 627. The average molecular weight is 332 g/mol. The van der Waals surface area contributed by atoms with Crippen molar-refractivity contribution in [2.75, 3.05) is 0 Å². The van der Waals surface area contributed by atoms with Crippen LogP contribution < -0.4 is 0 Å². The van der Waals surface area contributed by atoms with Crippen LogP contribution >= 0.6 is 11.6 Å². The first-order chi connectivity index (χ1) is 11.0. The fraction of sp³-hybridized carbons (Fsp3) is 0.167. The molecular weight excluding hydrogens is 313 g/mol. The maximum atomic E-state index is 12.1. The van der Waals surface area contributed by atoms with E-state index in [4.69, 9.17) is 11.6 Å². The number of aryl methyl sites for hydroxylation is 3. The third kappa shape index (κ3) is 9.32. The first-order valence-corrected chi connectivity index (χ1v) is 7.36. The molecule has 3 aromatic heterocycles. The molecule has 3 aromatic rings. The molecule has 3 heterocycles. The second-order valence-corrected chi connectivity index (χ2v) is 5.33. The lowest BCUT2D eigenvalue weighted by molar-refractivity contribution is 0.620. The third-order valence-corrected chi connectivity index (χ3v) is 2.70. The highest BCUT2D eigenvalue weighted by molar-refractivity contribution is 6.30. The number of hydrogen-bond donors (Lipinski definition) is 0. The molecular formula is C18H19ClFN3. The lowest BCUT2D eigenvalue weighted by Crippen LogP contribution is -1.77. The maximum absolute atomic E-state index is 12.1. The molecule has 0 saturated carbocycles. The van der Waals surface area contributed by atoms with Gasteiger partial charge in [-0.3, -0.25) is 15.0 Å². The van der Waals surface area contributed by atoms with Crippen LogP contribution in [-0.4, -0.2) is 15.0 Å². The lowest BCUT2D eigenvalue weighted by atomic mass is 10.3. The van der Waals surface area contributed by atoms with E-state index in [0.717, 1.165) is 11.1 Å². The zero-order chi connectivity index (χ0) is 17.1. The van der Waals surface area contributed by atoms with E-state index in [1.54, 1.807) is 31.7 Å². The van der Waals surface area contributed by atoms with Crippen LogP contribution in [0.3, 0.4) is 0 Å². The molecule has 0 atom stereocenters. The van der Waals surface area contributed by atoms with Gasteiger partial charge in [-0.2, -0.15) is 0 Å². The highest BCUT2D eigenvalue weighted by atomic mass is 35.5. The predicted molar refractivity (Wildman–Crippen MR) is 91.9 cm³/mol. The minimum Gasteiger partial charge on any atom is -0.264 e. The van der Waals surface area contributed by atoms with Gasteiger partial charge in [-0.05, 0) is 55.7 Å². The van der Waals surface area contributed by atoms with Crippen LogP contribution in [-0.2, 0) is 0 Å². The molecule has 0 aliphatic heterocycles. The van der Waals surface area contributed by atoms with Gasteiger partial charge >= 0.3 is 0 Å². The molecule has 0 unspecified atom stereocenters.